The molecule has 0 atom stereocenters. The highest BCUT2D eigenvalue weighted by Crippen LogP contribution is 2.33. The van der Waals surface area contributed by atoms with Crippen molar-refractivity contribution in [3.05, 3.63) is 49.1 Å². The Morgan fingerprint density at radius 2 is 1.70 bits per heavy atom. The first-order valence-electron chi connectivity index (χ1n) is 5.88. The monoisotopic (exact) mass is 515 g/mol. The second-order valence-electron chi connectivity index (χ2n) is 4.12. The molecule has 106 valence electrons. The fourth-order valence-electron chi connectivity index (χ4n) is 1.68. The molecular weight excluding hydrogens is 503 g/mol. The molecule has 2 aromatic carbocycles. The summed E-state index contributed by atoms with van der Waals surface area (Å²) in [6.45, 7) is 0.728. The Morgan fingerprint density at radius 1 is 1.10 bits per heavy atom. The number of phenolic OH excluding ortho intramolecular Hbond substituents is 1. The number of hydrogen-bond donors (Lipinski definition) is 2. The average molecular weight is 516 g/mol. The van der Waals surface area contributed by atoms with Gasteiger partial charge in [0.25, 0.3) is 0 Å². The number of phenols is 1. The van der Waals surface area contributed by atoms with Crippen LogP contribution in [0.2, 0.25) is 0 Å². The molecule has 0 aliphatic heterocycles. The number of rotatable bonds is 5. The lowest BCUT2D eigenvalue weighted by Crippen LogP contribution is -2.05. The zero-order chi connectivity index (χ0) is 14.5. The third kappa shape index (κ3) is 4.37. The summed E-state index contributed by atoms with van der Waals surface area (Å²) in [5.74, 6) is 1.76. The standard InChI is InChI=1S/C14H12ClI2NO2/c15-18-6-5-9-7-12(16)14(13(17)8-9)20-11-3-1-10(19)2-4-11/h1-4,7-8,18-19H,5-6H2. The van der Waals surface area contributed by atoms with Crippen LogP contribution in [0.5, 0.6) is 17.2 Å². The summed E-state index contributed by atoms with van der Waals surface area (Å²) in [5, 5.41) is 9.28. The van der Waals surface area contributed by atoms with Crippen LogP contribution in [0.1, 0.15) is 5.56 Å². The Balaban J connectivity index is 2.21. The van der Waals surface area contributed by atoms with E-state index in [-0.39, 0.29) is 5.75 Å². The summed E-state index contributed by atoms with van der Waals surface area (Å²) in [5.41, 5.74) is 1.21. The van der Waals surface area contributed by atoms with E-state index in [0.29, 0.717) is 5.75 Å². The molecule has 3 nitrogen and oxygen atoms in total. The first kappa shape index (κ1) is 16.1. The molecule has 2 rings (SSSR count). The number of benzene rings is 2. The highest BCUT2D eigenvalue weighted by molar-refractivity contribution is 14.1. The lowest BCUT2D eigenvalue weighted by atomic mass is 10.1. The second kappa shape index (κ2) is 7.67. The van der Waals surface area contributed by atoms with Crippen LogP contribution in [0, 0.1) is 7.14 Å². The zero-order valence-corrected chi connectivity index (χ0v) is 15.4. The van der Waals surface area contributed by atoms with Crippen molar-refractivity contribution in [2.45, 2.75) is 6.42 Å². The van der Waals surface area contributed by atoms with E-state index in [9.17, 15) is 5.11 Å². The molecular formula is C14H12ClI2NO2. The second-order valence-corrected chi connectivity index (χ2v) is 6.71. The number of halogens is 3. The van der Waals surface area contributed by atoms with Crippen LogP contribution in [0.4, 0.5) is 0 Å². The normalized spacial score (nSPS) is 10.6. The van der Waals surface area contributed by atoms with E-state index < -0.39 is 0 Å². The van der Waals surface area contributed by atoms with E-state index in [1.807, 2.05) is 0 Å². The minimum absolute atomic E-state index is 0.227. The summed E-state index contributed by atoms with van der Waals surface area (Å²) in [4.78, 5) is 2.63. The fraction of sp³-hybridized carbons (Fsp3) is 0.143. The van der Waals surface area contributed by atoms with E-state index in [1.54, 1.807) is 24.3 Å². The van der Waals surface area contributed by atoms with Gasteiger partial charge in [-0.2, -0.15) is 0 Å². The summed E-state index contributed by atoms with van der Waals surface area (Å²) < 4.78 is 7.98. The van der Waals surface area contributed by atoms with Crippen molar-refractivity contribution in [2.75, 3.05) is 6.54 Å². The number of ether oxygens (including phenoxy) is 1. The van der Waals surface area contributed by atoms with Crippen LogP contribution in [0.25, 0.3) is 0 Å². The predicted molar refractivity (Wildman–Crippen MR) is 97.6 cm³/mol. The van der Waals surface area contributed by atoms with Crippen molar-refractivity contribution in [2.24, 2.45) is 0 Å². The molecule has 0 saturated heterocycles. The predicted octanol–water partition coefficient (Wildman–Crippen LogP) is 4.68. The zero-order valence-electron chi connectivity index (χ0n) is 10.4. The Labute approximate surface area is 150 Å². The Hall–Kier alpha value is -0.250. The fourth-order valence-corrected chi connectivity index (χ4v) is 3.89. The van der Waals surface area contributed by atoms with Crippen LogP contribution in [0.15, 0.2) is 36.4 Å². The molecule has 0 bridgehead atoms. The van der Waals surface area contributed by atoms with Gasteiger partial charge in [0, 0.05) is 6.54 Å². The first-order chi connectivity index (χ1) is 9.60. The average Bonchev–Trinajstić information content (AvgIpc) is 2.42. The molecule has 0 aliphatic carbocycles. The highest BCUT2D eigenvalue weighted by atomic mass is 127. The van der Waals surface area contributed by atoms with Crippen LogP contribution < -0.4 is 9.57 Å². The molecule has 0 aliphatic rings. The van der Waals surface area contributed by atoms with Gasteiger partial charge in [0.2, 0.25) is 0 Å². The van der Waals surface area contributed by atoms with Gasteiger partial charge < -0.3 is 9.84 Å². The lowest BCUT2D eigenvalue weighted by molar-refractivity contribution is 0.461. The molecule has 2 N–H and O–H groups in total. The van der Waals surface area contributed by atoms with Crippen molar-refractivity contribution < 1.29 is 9.84 Å². The maximum Gasteiger partial charge on any atom is 0.154 e. The lowest BCUT2D eigenvalue weighted by Gasteiger charge is -2.12. The summed E-state index contributed by atoms with van der Waals surface area (Å²) >= 11 is 10.0. The maximum absolute atomic E-state index is 9.28. The largest absolute Gasteiger partial charge is 0.508 e. The molecule has 0 radical (unpaired) electrons. The Kier molecular flexibility index (Phi) is 6.19. The van der Waals surface area contributed by atoms with Crippen LogP contribution >= 0.6 is 57.0 Å². The summed E-state index contributed by atoms with van der Waals surface area (Å²) in [6, 6.07) is 10.9. The topological polar surface area (TPSA) is 41.5 Å². The molecule has 20 heavy (non-hydrogen) atoms. The van der Waals surface area contributed by atoms with E-state index in [4.69, 9.17) is 16.5 Å². The quantitative estimate of drug-likeness (QED) is 0.449. The third-order valence-electron chi connectivity index (χ3n) is 2.62. The highest BCUT2D eigenvalue weighted by Gasteiger charge is 2.10. The minimum atomic E-state index is 0.227. The van der Waals surface area contributed by atoms with Gasteiger partial charge in [-0.15, -0.1) is 0 Å². The molecule has 0 amide bonds. The van der Waals surface area contributed by atoms with Crippen molar-refractivity contribution in [3.63, 3.8) is 0 Å². The molecule has 0 heterocycles. The van der Waals surface area contributed by atoms with Crippen molar-refractivity contribution in [1.29, 1.82) is 0 Å². The van der Waals surface area contributed by atoms with E-state index in [2.05, 4.69) is 62.2 Å². The Bertz CT molecular complexity index is 567. The van der Waals surface area contributed by atoms with E-state index in [1.165, 1.54) is 5.56 Å². The minimum Gasteiger partial charge on any atom is -0.508 e. The summed E-state index contributed by atoms with van der Waals surface area (Å²) in [6.07, 6.45) is 0.870. The molecule has 0 aromatic heterocycles. The third-order valence-corrected chi connectivity index (χ3v) is 4.41. The van der Waals surface area contributed by atoms with Crippen molar-refractivity contribution in [3.8, 4) is 17.2 Å². The molecule has 0 saturated carbocycles. The first-order valence-corrected chi connectivity index (χ1v) is 8.42. The van der Waals surface area contributed by atoms with Crippen LogP contribution in [-0.4, -0.2) is 11.7 Å². The van der Waals surface area contributed by atoms with Gasteiger partial charge >= 0.3 is 0 Å². The van der Waals surface area contributed by atoms with Crippen LogP contribution in [-0.2, 0) is 6.42 Å². The van der Waals surface area contributed by atoms with E-state index >= 15 is 0 Å². The van der Waals surface area contributed by atoms with Gasteiger partial charge in [-0.25, -0.2) is 4.84 Å². The van der Waals surface area contributed by atoms with Crippen molar-refractivity contribution in [1.82, 2.24) is 4.84 Å². The van der Waals surface area contributed by atoms with Gasteiger partial charge in [-0.3, -0.25) is 0 Å². The summed E-state index contributed by atoms with van der Waals surface area (Å²) in [7, 11) is 0. The molecule has 6 heteroatoms. The Morgan fingerprint density at radius 3 is 2.25 bits per heavy atom. The van der Waals surface area contributed by atoms with Gasteiger partial charge in [0.1, 0.15) is 11.5 Å². The molecule has 0 fully saturated rings. The number of aromatic hydroxyl groups is 1. The van der Waals surface area contributed by atoms with Gasteiger partial charge in [0.05, 0.1) is 7.14 Å². The number of nitrogens with one attached hydrogen (secondary N) is 1. The maximum atomic E-state index is 9.28. The van der Waals surface area contributed by atoms with Gasteiger partial charge in [-0.05, 0) is 105 Å². The van der Waals surface area contributed by atoms with Gasteiger partial charge in [0.15, 0.2) is 5.75 Å². The van der Waals surface area contributed by atoms with E-state index in [0.717, 1.165) is 25.9 Å². The number of hydrogen-bond acceptors (Lipinski definition) is 3. The molecule has 0 spiro atoms. The molecule has 0 unspecified atom stereocenters. The SMILES string of the molecule is Oc1ccc(Oc2c(I)cc(CCNCl)cc2I)cc1. The smallest absolute Gasteiger partial charge is 0.154 e. The molecule has 2 aromatic rings. The van der Waals surface area contributed by atoms with Crippen LogP contribution in [0.3, 0.4) is 0 Å². The van der Waals surface area contributed by atoms with Gasteiger partial charge in [-0.1, -0.05) is 0 Å². The van der Waals surface area contributed by atoms with Crippen molar-refractivity contribution >= 4 is 57.0 Å².